The molecule has 0 unspecified atom stereocenters. The van der Waals surface area contributed by atoms with Gasteiger partial charge in [0, 0.05) is 23.4 Å². The van der Waals surface area contributed by atoms with E-state index in [0.717, 1.165) is 22.2 Å². The summed E-state index contributed by atoms with van der Waals surface area (Å²) in [5.74, 6) is 0.922. The Bertz CT molecular complexity index is 1260. The first-order valence-electron chi connectivity index (χ1n) is 11.3. The molecule has 1 atom stereocenters. The number of ether oxygens (including phenoxy) is 1. The Balaban J connectivity index is 1.46. The number of likely N-dealkylation sites (tertiary alicyclic amines) is 1. The van der Waals surface area contributed by atoms with Crippen LogP contribution in [0.1, 0.15) is 47.1 Å². The minimum Gasteiger partial charge on any atom is -0.497 e. The maximum Gasteiger partial charge on any atom is 0.259 e. The molecule has 2 aromatic heterocycles. The molecule has 1 aromatic carbocycles. The number of benzene rings is 1. The van der Waals surface area contributed by atoms with E-state index in [1.54, 1.807) is 31.1 Å². The summed E-state index contributed by atoms with van der Waals surface area (Å²) < 4.78 is 5.31. The number of thiophene rings is 1. The molecule has 0 radical (unpaired) electrons. The summed E-state index contributed by atoms with van der Waals surface area (Å²) in [5.41, 5.74) is -1.75. The number of amides is 1. The van der Waals surface area contributed by atoms with E-state index >= 15 is 0 Å². The molecule has 0 aliphatic carbocycles. The zero-order valence-electron chi connectivity index (χ0n) is 20.2. The number of fused-ring (bicyclic) bond motifs is 1. The number of aliphatic hydroxyl groups is 2. The van der Waals surface area contributed by atoms with Crippen LogP contribution in [0.25, 0.3) is 10.9 Å². The molecule has 3 aromatic rings. The van der Waals surface area contributed by atoms with Gasteiger partial charge in [-0.25, -0.2) is 9.97 Å². The number of methoxy groups -OCH3 is 1. The van der Waals surface area contributed by atoms with Crippen LogP contribution in [-0.2, 0) is 10.4 Å². The van der Waals surface area contributed by atoms with Crippen molar-refractivity contribution in [3.63, 3.8) is 0 Å². The molecule has 10 heteroatoms. The van der Waals surface area contributed by atoms with E-state index in [1.807, 2.05) is 25.1 Å². The second-order valence-corrected chi connectivity index (χ2v) is 11.2. The molecule has 4 rings (SSSR count). The van der Waals surface area contributed by atoms with Crippen LogP contribution in [-0.4, -0.2) is 68.3 Å². The molecule has 0 spiro atoms. The standard InChI is InChI=1S/C25H29N3O5S2/c1-15-26-18-6-5-16(33-4)13-17(18)22(27-15)34-14-19(29)20-7-8-21(35-20)25(3,32)23(30)28-11-9-24(2,31)10-12-28/h5-8,13,31-32H,9-12,14H2,1-4H3/t25-/m1/s1. The second kappa shape index (κ2) is 9.85. The van der Waals surface area contributed by atoms with Gasteiger partial charge in [-0.1, -0.05) is 11.8 Å². The molecule has 1 aliphatic rings. The van der Waals surface area contributed by atoms with Crippen molar-refractivity contribution in [3.8, 4) is 5.75 Å². The van der Waals surface area contributed by atoms with Crippen LogP contribution in [0, 0.1) is 6.92 Å². The van der Waals surface area contributed by atoms with E-state index in [-0.39, 0.29) is 11.5 Å². The Labute approximate surface area is 212 Å². The molecule has 2 N–H and O–H groups in total. The van der Waals surface area contributed by atoms with Crippen molar-refractivity contribution in [1.82, 2.24) is 14.9 Å². The highest BCUT2D eigenvalue weighted by Gasteiger charge is 2.40. The number of nitrogens with zero attached hydrogens (tertiary/aromatic N) is 3. The van der Waals surface area contributed by atoms with Crippen molar-refractivity contribution in [3.05, 3.63) is 45.9 Å². The average Bonchev–Trinajstić information content (AvgIpc) is 3.33. The first kappa shape index (κ1) is 25.6. The predicted molar refractivity (Wildman–Crippen MR) is 136 cm³/mol. The molecule has 1 fully saturated rings. The number of hydrogen-bond donors (Lipinski definition) is 2. The summed E-state index contributed by atoms with van der Waals surface area (Å²) in [6.07, 6.45) is 0.923. The summed E-state index contributed by atoms with van der Waals surface area (Å²) in [5, 5.41) is 22.7. The van der Waals surface area contributed by atoms with E-state index in [2.05, 4.69) is 9.97 Å². The van der Waals surface area contributed by atoms with Gasteiger partial charge >= 0.3 is 0 Å². The normalized spacial score (nSPS) is 17.3. The van der Waals surface area contributed by atoms with E-state index in [1.165, 1.54) is 18.7 Å². The summed E-state index contributed by atoms with van der Waals surface area (Å²) >= 11 is 2.45. The van der Waals surface area contributed by atoms with Gasteiger partial charge in [-0.15, -0.1) is 11.3 Å². The smallest absolute Gasteiger partial charge is 0.259 e. The third-order valence-electron chi connectivity index (χ3n) is 6.22. The van der Waals surface area contributed by atoms with Crippen molar-refractivity contribution in [2.75, 3.05) is 26.0 Å². The van der Waals surface area contributed by atoms with Gasteiger partial charge in [0.1, 0.15) is 16.6 Å². The van der Waals surface area contributed by atoms with Gasteiger partial charge in [0.2, 0.25) is 0 Å². The molecule has 3 heterocycles. The quantitative estimate of drug-likeness (QED) is 0.279. The monoisotopic (exact) mass is 515 g/mol. The van der Waals surface area contributed by atoms with Crippen LogP contribution in [0.3, 0.4) is 0 Å². The van der Waals surface area contributed by atoms with Gasteiger partial charge < -0.3 is 19.8 Å². The number of aromatic nitrogens is 2. The van der Waals surface area contributed by atoms with Crippen molar-refractivity contribution in [1.29, 1.82) is 0 Å². The Morgan fingerprint density at radius 2 is 1.94 bits per heavy atom. The summed E-state index contributed by atoms with van der Waals surface area (Å²) in [7, 11) is 1.59. The molecule has 186 valence electrons. The van der Waals surface area contributed by atoms with Crippen molar-refractivity contribution >= 4 is 45.7 Å². The van der Waals surface area contributed by atoms with Gasteiger partial charge in [-0.2, -0.15) is 0 Å². The minimum absolute atomic E-state index is 0.115. The molecule has 1 amide bonds. The number of piperidine rings is 1. The molecule has 35 heavy (non-hydrogen) atoms. The fraction of sp³-hybridized carbons (Fsp3) is 0.440. The van der Waals surface area contributed by atoms with Crippen LogP contribution in [0.2, 0.25) is 0 Å². The highest BCUT2D eigenvalue weighted by Crippen LogP contribution is 2.34. The average molecular weight is 516 g/mol. The van der Waals surface area contributed by atoms with Gasteiger partial charge in [0.05, 0.1) is 28.9 Å². The number of thioether (sulfide) groups is 1. The molecule has 0 saturated carbocycles. The van der Waals surface area contributed by atoms with E-state index in [0.29, 0.717) is 52.3 Å². The first-order chi connectivity index (χ1) is 16.5. The summed E-state index contributed by atoms with van der Waals surface area (Å²) in [6.45, 7) is 5.79. The third kappa shape index (κ3) is 5.50. The number of carbonyl (C=O) groups excluding carboxylic acids is 2. The fourth-order valence-corrected chi connectivity index (χ4v) is 6.00. The fourth-order valence-electron chi connectivity index (χ4n) is 3.99. The van der Waals surface area contributed by atoms with Crippen molar-refractivity contribution < 1.29 is 24.5 Å². The van der Waals surface area contributed by atoms with Gasteiger partial charge in [-0.3, -0.25) is 9.59 Å². The number of carbonyl (C=O) groups is 2. The van der Waals surface area contributed by atoms with Crippen molar-refractivity contribution in [2.45, 2.75) is 49.8 Å². The van der Waals surface area contributed by atoms with Crippen LogP contribution in [0.5, 0.6) is 5.75 Å². The Kier molecular flexibility index (Phi) is 7.19. The van der Waals surface area contributed by atoms with Gasteiger partial charge in [0.25, 0.3) is 5.91 Å². The SMILES string of the molecule is COc1ccc2nc(C)nc(SCC(=O)c3ccc([C@@](C)(O)C(=O)N4CCC(C)(O)CC4)s3)c2c1. The summed E-state index contributed by atoms with van der Waals surface area (Å²) in [4.78, 5) is 37.4. The lowest BCUT2D eigenvalue weighted by Gasteiger charge is -2.38. The van der Waals surface area contributed by atoms with E-state index in [4.69, 9.17) is 4.74 Å². The molecule has 1 saturated heterocycles. The van der Waals surface area contributed by atoms with Crippen LogP contribution < -0.4 is 4.74 Å². The highest BCUT2D eigenvalue weighted by molar-refractivity contribution is 8.00. The number of hydrogen-bond acceptors (Lipinski definition) is 9. The van der Waals surface area contributed by atoms with Crippen LogP contribution in [0.4, 0.5) is 0 Å². The lowest BCUT2D eigenvalue weighted by atomic mass is 9.92. The predicted octanol–water partition coefficient (Wildman–Crippen LogP) is 3.56. The van der Waals surface area contributed by atoms with Gasteiger partial charge in [0.15, 0.2) is 11.4 Å². The van der Waals surface area contributed by atoms with E-state index in [9.17, 15) is 19.8 Å². The maximum atomic E-state index is 13.0. The van der Waals surface area contributed by atoms with Crippen LogP contribution >= 0.6 is 23.1 Å². The summed E-state index contributed by atoms with van der Waals surface area (Å²) in [6, 6.07) is 8.84. The molecular weight excluding hydrogens is 486 g/mol. The lowest BCUT2D eigenvalue weighted by molar-refractivity contribution is -0.154. The van der Waals surface area contributed by atoms with Gasteiger partial charge in [-0.05, 0) is 63.9 Å². The number of rotatable bonds is 7. The van der Waals surface area contributed by atoms with Crippen molar-refractivity contribution in [2.24, 2.45) is 0 Å². The zero-order valence-corrected chi connectivity index (χ0v) is 21.8. The molecule has 1 aliphatic heterocycles. The lowest BCUT2D eigenvalue weighted by Crippen LogP contribution is -2.51. The third-order valence-corrected chi connectivity index (χ3v) is 8.55. The Morgan fingerprint density at radius 3 is 2.63 bits per heavy atom. The Hall–Kier alpha value is -2.53. The second-order valence-electron chi connectivity index (χ2n) is 9.20. The number of Topliss-reactive ketones (excluding diaryl/α,β-unsaturated/α-hetero) is 1. The van der Waals surface area contributed by atoms with Crippen LogP contribution in [0.15, 0.2) is 35.4 Å². The molecular formula is C25H29N3O5S2. The van der Waals surface area contributed by atoms with E-state index < -0.39 is 17.1 Å². The Morgan fingerprint density at radius 1 is 1.23 bits per heavy atom. The highest BCUT2D eigenvalue weighted by atomic mass is 32.2. The molecule has 0 bridgehead atoms. The maximum absolute atomic E-state index is 13.0. The minimum atomic E-state index is -1.74. The zero-order chi connectivity index (χ0) is 25.4. The molecule has 8 nitrogen and oxygen atoms in total. The number of ketones is 1. The largest absolute Gasteiger partial charge is 0.497 e. The number of aryl methyl sites for hydroxylation is 1. The first-order valence-corrected chi connectivity index (χ1v) is 13.1. The topological polar surface area (TPSA) is 113 Å².